The molecular formula is C34H66N2O8. The second-order valence-corrected chi connectivity index (χ2v) is 15.6. The van der Waals surface area contributed by atoms with Gasteiger partial charge in [0.25, 0.3) is 0 Å². The summed E-state index contributed by atoms with van der Waals surface area (Å²) in [6.45, 7) is 24.5. The van der Waals surface area contributed by atoms with Gasteiger partial charge in [-0.2, -0.15) is 0 Å². The summed E-state index contributed by atoms with van der Waals surface area (Å²) in [6, 6.07) is 0. The van der Waals surface area contributed by atoms with Gasteiger partial charge in [0.2, 0.25) is 0 Å². The molecule has 0 aromatic rings. The van der Waals surface area contributed by atoms with Crippen molar-refractivity contribution in [3.8, 4) is 0 Å². The number of aldehydes is 2. The van der Waals surface area contributed by atoms with Crippen LogP contribution in [0.4, 0.5) is 4.79 Å². The molecule has 44 heavy (non-hydrogen) atoms. The first-order valence-corrected chi connectivity index (χ1v) is 16.2. The molecule has 10 nitrogen and oxygen atoms in total. The van der Waals surface area contributed by atoms with Gasteiger partial charge in [-0.25, -0.2) is 4.79 Å². The normalized spacial score (nSPS) is 14.3. The van der Waals surface area contributed by atoms with Crippen molar-refractivity contribution < 1.29 is 38.4 Å². The van der Waals surface area contributed by atoms with Gasteiger partial charge in [-0.15, -0.1) is 0 Å². The summed E-state index contributed by atoms with van der Waals surface area (Å²) in [5.74, 6) is 0. The van der Waals surface area contributed by atoms with Crippen molar-refractivity contribution in [2.24, 2.45) is 0 Å². The Kier molecular flexibility index (Phi) is 17.9. The zero-order valence-electron chi connectivity index (χ0n) is 30.0. The minimum atomic E-state index is -0.941. The van der Waals surface area contributed by atoms with E-state index in [-0.39, 0.29) is 17.8 Å². The van der Waals surface area contributed by atoms with Crippen molar-refractivity contribution >= 4 is 18.7 Å². The summed E-state index contributed by atoms with van der Waals surface area (Å²) in [5.41, 5.74) is -3.29. The molecule has 0 aliphatic rings. The fourth-order valence-electron chi connectivity index (χ4n) is 4.45. The largest absolute Gasteiger partial charge is 0.443 e. The lowest BCUT2D eigenvalue weighted by molar-refractivity contribution is -0.131. The molecule has 0 saturated carbocycles. The van der Waals surface area contributed by atoms with Crippen LogP contribution in [0.5, 0.6) is 0 Å². The summed E-state index contributed by atoms with van der Waals surface area (Å²) in [7, 11) is 0. The van der Waals surface area contributed by atoms with E-state index in [4.69, 9.17) is 18.9 Å². The number of hydrogen-bond acceptors (Lipinski definition) is 9. The van der Waals surface area contributed by atoms with Crippen molar-refractivity contribution in [1.29, 1.82) is 0 Å². The van der Waals surface area contributed by atoms with Gasteiger partial charge in [-0.1, -0.05) is 0 Å². The predicted molar refractivity (Wildman–Crippen MR) is 175 cm³/mol. The number of amides is 1. The molecule has 0 aliphatic heterocycles. The van der Waals surface area contributed by atoms with E-state index in [2.05, 4.69) is 10.6 Å². The van der Waals surface area contributed by atoms with Crippen molar-refractivity contribution in [1.82, 2.24) is 10.6 Å². The summed E-state index contributed by atoms with van der Waals surface area (Å²) >= 11 is 0. The summed E-state index contributed by atoms with van der Waals surface area (Å²) < 4.78 is 23.9. The number of carbonyl (C=O) groups excluding carboxylic acids is 3. The number of alkyl carbamates (subject to hydrolysis) is 1. The molecule has 0 saturated heterocycles. The first-order chi connectivity index (χ1) is 20.0. The number of aliphatic hydroxyl groups excluding tert-OH is 1. The molecular weight excluding hydrogens is 564 g/mol. The lowest BCUT2D eigenvalue weighted by atomic mass is 9.97. The topological polar surface area (TPSA) is 132 Å². The molecule has 0 radical (unpaired) electrons. The number of carbonyl (C=O) groups is 3. The Morgan fingerprint density at radius 1 is 0.636 bits per heavy atom. The highest BCUT2D eigenvalue weighted by atomic mass is 16.6. The molecule has 1 atom stereocenters. The second kappa shape index (κ2) is 18.5. The Balaban J connectivity index is 4.65. The number of hydrogen-bond donors (Lipinski definition) is 3. The van der Waals surface area contributed by atoms with Crippen molar-refractivity contribution in [3.05, 3.63) is 0 Å². The lowest BCUT2D eigenvalue weighted by Gasteiger charge is -2.38. The first-order valence-electron chi connectivity index (χ1n) is 16.2. The van der Waals surface area contributed by atoms with E-state index in [9.17, 15) is 19.5 Å². The van der Waals surface area contributed by atoms with E-state index < -0.39 is 34.6 Å². The van der Waals surface area contributed by atoms with Crippen molar-refractivity contribution in [3.63, 3.8) is 0 Å². The fraction of sp³-hybridized carbons (Fsp3) is 0.912. The Morgan fingerprint density at radius 3 is 1.52 bits per heavy atom. The van der Waals surface area contributed by atoms with E-state index >= 15 is 0 Å². The highest BCUT2D eigenvalue weighted by molar-refractivity contribution is 5.68. The first kappa shape index (κ1) is 42.4. The van der Waals surface area contributed by atoms with Crippen molar-refractivity contribution in [2.45, 2.75) is 181 Å². The van der Waals surface area contributed by atoms with Gasteiger partial charge in [0.15, 0.2) is 0 Å². The molecule has 0 bridgehead atoms. The van der Waals surface area contributed by atoms with Gasteiger partial charge in [0.05, 0.1) is 17.8 Å². The Hall–Kier alpha value is -1.59. The van der Waals surface area contributed by atoms with Crippen LogP contribution in [0.15, 0.2) is 0 Å². The molecule has 0 aromatic carbocycles. The van der Waals surface area contributed by atoms with E-state index in [1.54, 1.807) is 0 Å². The Labute approximate surface area is 268 Å². The van der Waals surface area contributed by atoms with Crippen LogP contribution in [0, 0.1) is 0 Å². The Bertz CT molecular complexity index is 852. The molecule has 0 rings (SSSR count). The van der Waals surface area contributed by atoms with E-state index in [0.717, 1.165) is 38.3 Å². The molecule has 1 unspecified atom stereocenters. The van der Waals surface area contributed by atoms with Crippen LogP contribution in [0.2, 0.25) is 0 Å². The molecule has 3 N–H and O–H groups in total. The second-order valence-electron chi connectivity index (χ2n) is 15.6. The highest BCUT2D eigenvalue weighted by Crippen LogP contribution is 2.24. The predicted octanol–water partition coefficient (Wildman–Crippen LogP) is 6.25. The Morgan fingerprint density at radius 2 is 1.07 bits per heavy atom. The van der Waals surface area contributed by atoms with E-state index in [0.29, 0.717) is 45.3 Å². The highest BCUT2D eigenvalue weighted by Gasteiger charge is 2.35. The van der Waals surface area contributed by atoms with Gasteiger partial charge in [0, 0.05) is 43.6 Å². The SMILES string of the molecule is CC(C)(CCOC(C)(C)CCCC=O)NC(=O)OC(C)(C)CCOC(C)(C)C(O)NC(C)(C)CCOC(C)(C)CCCC=O. The number of ether oxygens (including phenoxy) is 4. The number of rotatable bonds is 25. The van der Waals surface area contributed by atoms with E-state index in [1.165, 1.54) is 0 Å². The van der Waals surface area contributed by atoms with Gasteiger partial charge in [-0.05, 0) is 122 Å². The summed E-state index contributed by atoms with van der Waals surface area (Å²) in [5, 5.41) is 17.2. The lowest BCUT2D eigenvalue weighted by Crippen LogP contribution is -2.56. The number of aliphatic hydroxyl groups is 1. The monoisotopic (exact) mass is 630 g/mol. The molecule has 0 spiro atoms. The summed E-state index contributed by atoms with van der Waals surface area (Å²) in [4.78, 5) is 33.9. The van der Waals surface area contributed by atoms with Gasteiger partial charge >= 0.3 is 6.09 Å². The molecule has 1 amide bonds. The maximum atomic E-state index is 12.7. The standard InChI is InChI=1S/C34H66N2O8/c1-29(2,19-24-41-31(5,6)17-13-15-22-37)35-27(39)34(11,12)43-26-21-33(9,10)44-28(40)36-30(3,4)20-25-42-32(7,8)18-14-16-23-38/h22-23,27,35,39H,13-21,24-26H2,1-12H3,(H,36,40). The van der Waals surface area contributed by atoms with Crippen LogP contribution in [0.1, 0.15) is 141 Å². The fourth-order valence-corrected chi connectivity index (χ4v) is 4.45. The minimum Gasteiger partial charge on any atom is -0.443 e. The maximum Gasteiger partial charge on any atom is 0.408 e. The number of nitrogens with one attached hydrogen (secondary N) is 2. The zero-order chi connectivity index (χ0) is 34.3. The molecule has 0 aliphatic carbocycles. The molecule has 10 heteroatoms. The third kappa shape index (κ3) is 20.4. The van der Waals surface area contributed by atoms with Gasteiger partial charge < -0.3 is 39.0 Å². The average molecular weight is 631 g/mol. The van der Waals surface area contributed by atoms with Crippen molar-refractivity contribution in [2.75, 3.05) is 19.8 Å². The minimum absolute atomic E-state index is 0.279. The van der Waals surface area contributed by atoms with Crippen LogP contribution in [0.3, 0.4) is 0 Å². The number of unbranched alkanes of at least 4 members (excludes halogenated alkanes) is 2. The van der Waals surface area contributed by atoms with Crippen LogP contribution >= 0.6 is 0 Å². The molecule has 0 aromatic heterocycles. The van der Waals surface area contributed by atoms with Crippen LogP contribution < -0.4 is 10.6 Å². The average Bonchev–Trinajstić information content (AvgIpc) is 2.82. The summed E-state index contributed by atoms with van der Waals surface area (Å²) in [6.07, 6.45) is 6.36. The van der Waals surface area contributed by atoms with Gasteiger partial charge in [-0.3, -0.25) is 5.32 Å². The molecule has 260 valence electrons. The van der Waals surface area contributed by atoms with Crippen LogP contribution in [0.25, 0.3) is 0 Å². The van der Waals surface area contributed by atoms with E-state index in [1.807, 2.05) is 83.1 Å². The molecule has 0 fully saturated rings. The third-order valence-corrected chi connectivity index (χ3v) is 7.81. The maximum absolute atomic E-state index is 12.7. The quantitative estimate of drug-likeness (QED) is 0.0608. The third-order valence-electron chi connectivity index (χ3n) is 7.81. The smallest absolute Gasteiger partial charge is 0.408 e. The van der Waals surface area contributed by atoms with Crippen LogP contribution in [-0.4, -0.2) is 83.3 Å². The zero-order valence-corrected chi connectivity index (χ0v) is 30.0. The van der Waals surface area contributed by atoms with Gasteiger partial charge in [0.1, 0.15) is 30.0 Å². The molecule has 0 heterocycles. The van der Waals surface area contributed by atoms with Crippen LogP contribution in [-0.2, 0) is 28.5 Å².